The summed E-state index contributed by atoms with van der Waals surface area (Å²) in [7, 11) is 1.45. The molecular formula is C18H26N2O2. The van der Waals surface area contributed by atoms with E-state index in [-0.39, 0.29) is 12.1 Å². The second-order valence-electron chi connectivity index (χ2n) is 6.59. The molecule has 1 saturated heterocycles. The van der Waals surface area contributed by atoms with Crippen LogP contribution in [0.4, 0.5) is 4.79 Å². The van der Waals surface area contributed by atoms with Crippen LogP contribution in [-0.4, -0.2) is 42.1 Å². The number of benzene rings is 1. The van der Waals surface area contributed by atoms with Crippen LogP contribution in [0.5, 0.6) is 0 Å². The summed E-state index contributed by atoms with van der Waals surface area (Å²) in [4.78, 5) is 16.2. The number of likely N-dealkylation sites (tertiary alicyclic amines) is 1. The molecule has 2 aliphatic rings. The van der Waals surface area contributed by atoms with Crippen LogP contribution < -0.4 is 0 Å². The van der Waals surface area contributed by atoms with Gasteiger partial charge < -0.3 is 9.64 Å². The van der Waals surface area contributed by atoms with Crippen molar-refractivity contribution in [2.75, 3.05) is 20.2 Å². The van der Waals surface area contributed by atoms with Crippen LogP contribution in [0.3, 0.4) is 0 Å². The number of hydrogen-bond acceptors (Lipinski definition) is 3. The smallest absolute Gasteiger partial charge is 0.410 e. The lowest BCUT2D eigenvalue weighted by atomic mass is 9.93. The Morgan fingerprint density at radius 1 is 1.23 bits per heavy atom. The van der Waals surface area contributed by atoms with E-state index in [4.69, 9.17) is 4.74 Å². The SMILES string of the molecule is COC(=O)N1Cc2ccc(CN3CCCCC3)cc2CC1C. The standard InChI is InChI=1S/C18H26N2O2/c1-14-10-17-11-15(12-19-8-4-3-5-9-19)6-7-16(17)13-20(14)18(21)22-2/h6-7,11,14H,3-5,8-10,12-13H2,1-2H3. The average molecular weight is 302 g/mol. The van der Waals surface area contributed by atoms with Gasteiger partial charge in [0.15, 0.2) is 0 Å². The monoisotopic (exact) mass is 302 g/mol. The molecule has 1 unspecified atom stereocenters. The van der Waals surface area contributed by atoms with Gasteiger partial charge in [-0.2, -0.15) is 0 Å². The van der Waals surface area contributed by atoms with Gasteiger partial charge >= 0.3 is 6.09 Å². The van der Waals surface area contributed by atoms with Crippen molar-refractivity contribution in [3.63, 3.8) is 0 Å². The summed E-state index contributed by atoms with van der Waals surface area (Å²) in [6.07, 6.45) is 4.72. The zero-order valence-electron chi connectivity index (χ0n) is 13.7. The highest BCUT2D eigenvalue weighted by Gasteiger charge is 2.27. The molecule has 2 aliphatic heterocycles. The molecule has 3 rings (SSSR count). The first-order valence-electron chi connectivity index (χ1n) is 8.35. The van der Waals surface area contributed by atoms with E-state index in [0.29, 0.717) is 6.54 Å². The molecule has 0 saturated carbocycles. The number of amides is 1. The number of nitrogens with zero attached hydrogens (tertiary/aromatic N) is 2. The topological polar surface area (TPSA) is 32.8 Å². The summed E-state index contributed by atoms with van der Waals surface area (Å²) in [6, 6.07) is 6.95. The van der Waals surface area contributed by atoms with Crippen LogP contribution in [0.2, 0.25) is 0 Å². The zero-order chi connectivity index (χ0) is 15.5. The number of carbonyl (C=O) groups is 1. The number of ether oxygens (including phenoxy) is 1. The van der Waals surface area contributed by atoms with E-state index in [1.807, 2.05) is 4.90 Å². The predicted octanol–water partition coefficient (Wildman–Crippen LogP) is 3.19. The largest absolute Gasteiger partial charge is 0.453 e. The van der Waals surface area contributed by atoms with Crippen LogP contribution in [0, 0.1) is 0 Å². The van der Waals surface area contributed by atoms with Crippen LogP contribution in [0.1, 0.15) is 42.9 Å². The Balaban J connectivity index is 1.71. The van der Waals surface area contributed by atoms with E-state index in [2.05, 4.69) is 30.0 Å². The van der Waals surface area contributed by atoms with Gasteiger partial charge in [0, 0.05) is 19.1 Å². The third-order valence-corrected chi connectivity index (χ3v) is 4.92. The van der Waals surface area contributed by atoms with Crippen molar-refractivity contribution in [2.24, 2.45) is 0 Å². The molecule has 0 radical (unpaired) electrons. The third kappa shape index (κ3) is 3.27. The van der Waals surface area contributed by atoms with Gasteiger partial charge in [0.2, 0.25) is 0 Å². The lowest BCUT2D eigenvalue weighted by molar-refractivity contribution is 0.100. The minimum absolute atomic E-state index is 0.199. The molecule has 120 valence electrons. The molecule has 1 fully saturated rings. The number of rotatable bonds is 2. The van der Waals surface area contributed by atoms with Crippen LogP contribution in [0.15, 0.2) is 18.2 Å². The first-order chi connectivity index (χ1) is 10.7. The molecule has 2 heterocycles. The van der Waals surface area contributed by atoms with Crippen LogP contribution >= 0.6 is 0 Å². The normalized spacial score (nSPS) is 22.3. The van der Waals surface area contributed by atoms with Gasteiger partial charge in [0.1, 0.15) is 0 Å². The number of carbonyl (C=O) groups excluding carboxylic acids is 1. The second kappa shape index (κ2) is 6.69. The molecular weight excluding hydrogens is 276 g/mol. The molecule has 1 aromatic rings. The predicted molar refractivity (Wildman–Crippen MR) is 86.7 cm³/mol. The zero-order valence-corrected chi connectivity index (χ0v) is 13.7. The highest BCUT2D eigenvalue weighted by atomic mass is 16.5. The first kappa shape index (κ1) is 15.3. The molecule has 0 aliphatic carbocycles. The first-order valence-corrected chi connectivity index (χ1v) is 8.35. The lowest BCUT2D eigenvalue weighted by Gasteiger charge is -2.34. The van der Waals surface area contributed by atoms with Crippen molar-refractivity contribution in [1.82, 2.24) is 9.80 Å². The fraction of sp³-hybridized carbons (Fsp3) is 0.611. The highest BCUT2D eigenvalue weighted by molar-refractivity contribution is 5.68. The van der Waals surface area contributed by atoms with Crippen molar-refractivity contribution in [3.8, 4) is 0 Å². The maximum Gasteiger partial charge on any atom is 0.410 e. The molecule has 22 heavy (non-hydrogen) atoms. The lowest BCUT2D eigenvalue weighted by Crippen LogP contribution is -2.42. The van der Waals surface area contributed by atoms with Gasteiger partial charge in [0.05, 0.1) is 7.11 Å². The van der Waals surface area contributed by atoms with Gasteiger partial charge in [-0.15, -0.1) is 0 Å². The van der Waals surface area contributed by atoms with E-state index in [9.17, 15) is 4.79 Å². The maximum absolute atomic E-state index is 11.8. The van der Waals surface area contributed by atoms with E-state index in [1.165, 1.54) is 56.2 Å². The van der Waals surface area contributed by atoms with Gasteiger partial charge in [-0.3, -0.25) is 4.90 Å². The van der Waals surface area contributed by atoms with Gasteiger partial charge in [-0.1, -0.05) is 24.6 Å². The van der Waals surface area contributed by atoms with Crippen molar-refractivity contribution < 1.29 is 9.53 Å². The molecule has 1 atom stereocenters. The number of hydrogen-bond donors (Lipinski definition) is 0. The molecule has 4 heteroatoms. The third-order valence-electron chi connectivity index (χ3n) is 4.92. The van der Waals surface area contributed by atoms with Gasteiger partial charge in [-0.25, -0.2) is 4.79 Å². The van der Waals surface area contributed by atoms with E-state index >= 15 is 0 Å². The van der Waals surface area contributed by atoms with Crippen LogP contribution in [0.25, 0.3) is 0 Å². The summed E-state index contributed by atoms with van der Waals surface area (Å²) >= 11 is 0. The molecule has 1 amide bonds. The summed E-state index contributed by atoms with van der Waals surface area (Å²) in [5.74, 6) is 0. The summed E-state index contributed by atoms with van der Waals surface area (Å²) in [6.45, 7) is 6.26. The fourth-order valence-electron chi connectivity index (χ4n) is 3.63. The van der Waals surface area contributed by atoms with E-state index in [1.54, 1.807) is 0 Å². The Labute approximate surface area is 133 Å². The van der Waals surface area contributed by atoms with E-state index < -0.39 is 0 Å². The Bertz CT molecular complexity index is 538. The minimum atomic E-state index is -0.226. The number of methoxy groups -OCH3 is 1. The van der Waals surface area contributed by atoms with Crippen molar-refractivity contribution in [1.29, 1.82) is 0 Å². The van der Waals surface area contributed by atoms with Crippen molar-refractivity contribution in [3.05, 3.63) is 34.9 Å². The summed E-state index contributed by atoms with van der Waals surface area (Å²) in [5, 5.41) is 0. The fourth-order valence-corrected chi connectivity index (χ4v) is 3.63. The van der Waals surface area contributed by atoms with Crippen molar-refractivity contribution in [2.45, 2.75) is 51.7 Å². The molecule has 1 aromatic carbocycles. The molecule has 0 N–H and O–H groups in total. The van der Waals surface area contributed by atoms with Gasteiger partial charge in [0.25, 0.3) is 0 Å². The Kier molecular flexibility index (Phi) is 4.67. The van der Waals surface area contributed by atoms with Crippen molar-refractivity contribution >= 4 is 6.09 Å². The van der Waals surface area contributed by atoms with Gasteiger partial charge in [-0.05, 0) is 56.0 Å². The summed E-state index contributed by atoms with van der Waals surface area (Å²) < 4.78 is 4.88. The Morgan fingerprint density at radius 2 is 2.00 bits per heavy atom. The number of fused-ring (bicyclic) bond motifs is 1. The minimum Gasteiger partial charge on any atom is -0.453 e. The average Bonchev–Trinajstić information content (AvgIpc) is 2.54. The molecule has 4 nitrogen and oxygen atoms in total. The molecule has 0 bridgehead atoms. The molecule has 0 spiro atoms. The maximum atomic E-state index is 11.8. The number of piperidine rings is 1. The summed E-state index contributed by atoms with van der Waals surface area (Å²) in [5.41, 5.74) is 4.05. The highest BCUT2D eigenvalue weighted by Crippen LogP contribution is 2.25. The molecule has 0 aromatic heterocycles. The van der Waals surface area contributed by atoms with E-state index in [0.717, 1.165) is 13.0 Å². The second-order valence-corrected chi connectivity index (χ2v) is 6.59. The van der Waals surface area contributed by atoms with Crippen LogP contribution in [-0.2, 0) is 24.2 Å². The quantitative estimate of drug-likeness (QED) is 0.841. The Hall–Kier alpha value is -1.55. The Morgan fingerprint density at radius 3 is 2.73 bits per heavy atom.